The van der Waals surface area contributed by atoms with E-state index >= 15 is 0 Å². The Morgan fingerprint density at radius 1 is 0.727 bits per heavy atom. The molecular formula is C28H44BN10O16. The third-order valence-corrected chi connectivity index (χ3v) is 7.43. The van der Waals surface area contributed by atoms with Crippen molar-refractivity contribution in [2.45, 2.75) is 74.6 Å². The van der Waals surface area contributed by atoms with Gasteiger partial charge in [-0.1, -0.05) is 0 Å². The summed E-state index contributed by atoms with van der Waals surface area (Å²) < 4.78 is 21.9. The molecule has 55 heavy (non-hydrogen) atoms. The molecule has 26 nitrogen and oxygen atoms in total. The Bertz CT molecular complexity index is 1430. The summed E-state index contributed by atoms with van der Waals surface area (Å²) in [5, 5.41) is 68.7. The van der Waals surface area contributed by atoms with Gasteiger partial charge in [0.25, 0.3) is 0 Å². The van der Waals surface area contributed by atoms with Crippen molar-refractivity contribution < 1.29 is 78.4 Å². The van der Waals surface area contributed by atoms with E-state index in [9.17, 15) is 59.4 Å². The average molecular weight is 788 g/mol. The summed E-state index contributed by atoms with van der Waals surface area (Å²) in [6.07, 6.45) is -8.25. The van der Waals surface area contributed by atoms with Gasteiger partial charge in [0.05, 0.1) is 37.4 Å². The molecule has 0 aromatic carbocycles. The molecule has 305 valence electrons. The summed E-state index contributed by atoms with van der Waals surface area (Å²) in [6, 6.07) is -5.09. The number of rotatable bonds is 20. The standard InChI is InChI=1S/C28H44BN10O16/c1-9(42)34-19-11(36-27(30)31)3-15(25(48)49)54-23(19)21(13(44)5-40)52-7-17(46)38-29-39-18(47)8-53-22(14(45)6-41)24-20(35-10(2)43)12(37-28(32)33)4-16(55-24)26(50)51/h3-4,11-14,19-24,40-41,44-45H,5-8H2,1-2H3,(H,34,42)(H,35,43)(H,38,46)(H,39,47)(H,48,49)(H,50,51)(H4,30,31,36)(H4,32,33,37)/t11-,12-,13+,14+,19+,20+,21+,22+,23+,24+/m0/s1. The number of carboxylic acid groups (broad SMARTS) is 2. The molecule has 10 atom stereocenters. The third kappa shape index (κ3) is 13.9. The van der Waals surface area contributed by atoms with Gasteiger partial charge in [-0.2, -0.15) is 0 Å². The third-order valence-electron chi connectivity index (χ3n) is 7.43. The molecule has 0 bridgehead atoms. The number of ether oxygens (including phenoxy) is 4. The molecule has 1 radical (unpaired) electrons. The molecule has 27 heteroatoms. The number of nitrogens with zero attached hydrogens (tertiary/aromatic N) is 2. The highest BCUT2D eigenvalue weighted by atomic mass is 16.6. The molecule has 0 spiro atoms. The second kappa shape index (κ2) is 21.2. The Morgan fingerprint density at radius 3 is 1.35 bits per heavy atom. The van der Waals surface area contributed by atoms with Crippen molar-refractivity contribution in [1.29, 1.82) is 0 Å². The lowest BCUT2D eigenvalue weighted by atomic mass is 9.92. The molecule has 2 aliphatic rings. The predicted octanol–water partition coefficient (Wildman–Crippen LogP) is -8.74. The summed E-state index contributed by atoms with van der Waals surface area (Å²) in [7, 11) is 0.723. The maximum atomic E-state index is 12.6. The highest BCUT2D eigenvalue weighted by Crippen LogP contribution is 2.28. The van der Waals surface area contributed by atoms with Gasteiger partial charge in [-0.25, -0.2) is 19.6 Å². The lowest BCUT2D eigenvalue weighted by molar-refractivity contribution is -0.158. The number of hydrogen-bond acceptors (Lipinski definition) is 16. The number of amides is 4. The molecule has 2 rings (SSSR count). The molecule has 0 aromatic rings. The normalized spacial score (nSPS) is 23.9. The zero-order valence-corrected chi connectivity index (χ0v) is 29.3. The summed E-state index contributed by atoms with van der Waals surface area (Å²) in [5.41, 5.74) is 21.9. The summed E-state index contributed by atoms with van der Waals surface area (Å²) in [5.74, 6) is -8.85. The van der Waals surface area contributed by atoms with Gasteiger partial charge in [-0.15, -0.1) is 0 Å². The number of hydrogen-bond donors (Lipinski definition) is 14. The Hall–Kier alpha value is -5.74. The Labute approximate surface area is 312 Å². The van der Waals surface area contributed by atoms with Crippen LogP contribution in [0.3, 0.4) is 0 Å². The minimum absolute atomic E-state index is 0.498. The van der Waals surface area contributed by atoms with E-state index in [1.165, 1.54) is 0 Å². The number of aliphatic carboxylic acids is 2. The molecular weight excluding hydrogens is 743 g/mol. The van der Waals surface area contributed by atoms with Crippen molar-refractivity contribution >= 4 is 55.0 Å². The summed E-state index contributed by atoms with van der Waals surface area (Å²) in [6.45, 7) is -1.57. The zero-order chi connectivity index (χ0) is 41.6. The van der Waals surface area contributed by atoms with E-state index in [4.69, 9.17) is 41.9 Å². The SMILES string of the molecule is CC(=O)N[C@H]1[C@H]([C@H](OCC(=O)N[B]NC(=O)CO[C@@H]([C@@H]2OC(C(=O)O)=C[C@H](N=C(N)N)[C@H]2NC(C)=O)[C@H](O)CO)[C@H](O)CO)OC(C(=O)O)=C[C@@H]1N=C(N)N. The fourth-order valence-corrected chi connectivity index (χ4v) is 5.28. The molecule has 0 saturated heterocycles. The fourth-order valence-electron chi connectivity index (χ4n) is 5.28. The Kier molecular flexibility index (Phi) is 17.5. The highest BCUT2D eigenvalue weighted by molar-refractivity contribution is 6.38. The van der Waals surface area contributed by atoms with Crippen LogP contribution in [0.2, 0.25) is 0 Å². The first kappa shape index (κ1) is 45.4. The first-order valence-corrected chi connectivity index (χ1v) is 16.0. The number of carbonyl (C=O) groups is 6. The first-order valence-electron chi connectivity index (χ1n) is 16.0. The van der Waals surface area contributed by atoms with Crippen LogP contribution in [-0.4, -0.2) is 173 Å². The Balaban J connectivity index is 2.14. The Morgan fingerprint density at radius 2 is 1.07 bits per heavy atom. The predicted molar refractivity (Wildman–Crippen MR) is 183 cm³/mol. The lowest BCUT2D eigenvalue weighted by Crippen LogP contribution is -2.61. The van der Waals surface area contributed by atoms with Crippen LogP contribution in [0.5, 0.6) is 0 Å². The van der Waals surface area contributed by atoms with Crippen LogP contribution in [-0.2, 0) is 47.7 Å². The van der Waals surface area contributed by atoms with Crippen LogP contribution in [0.25, 0.3) is 0 Å². The second-order valence-electron chi connectivity index (χ2n) is 11.7. The molecule has 4 amide bonds. The topological polar surface area (TPSA) is 438 Å². The highest BCUT2D eigenvalue weighted by Gasteiger charge is 2.47. The minimum Gasteiger partial charge on any atom is -0.478 e. The average Bonchev–Trinajstić information content (AvgIpc) is 3.09. The molecule has 0 aliphatic carbocycles. The molecule has 18 N–H and O–H groups in total. The van der Waals surface area contributed by atoms with Crippen molar-refractivity contribution in [3.05, 3.63) is 23.7 Å². The molecule has 0 aromatic heterocycles. The first-order chi connectivity index (χ1) is 25.8. The van der Waals surface area contributed by atoms with Crippen molar-refractivity contribution in [2.75, 3.05) is 26.4 Å². The van der Waals surface area contributed by atoms with E-state index < -0.39 is 146 Å². The van der Waals surface area contributed by atoms with Crippen LogP contribution in [0, 0.1) is 0 Å². The fraction of sp³-hybridized carbons (Fsp3) is 0.571. The van der Waals surface area contributed by atoms with Gasteiger partial charge in [-0.05, 0) is 12.2 Å². The maximum Gasteiger partial charge on any atom is 0.390 e. The number of carbonyl (C=O) groups excluding carboxylic acids is 4. The zero-order valence-electron chi connectivity index (χ0n) is 29.3. The maximum absolute atomic E-state index is 12.6. The lowest BCUT2D eigenvalue weighted by Gasteiger charge is -2.40. The van der Waals surface area contributed by atoms with Gasteiger partial charge in [0.2, 0.25) is 35.1 Å². The van der Waals surface area contributed by atoms with Gasteiger partial charge < -0.3 is 93.6 Å². The number of guanidine groups is 2. The van der Waals surface area contributed by atoms with Crippen LogP contribution < -0.4 is 44.0 Å². The largest absolute Gasteiger partial charge is 0.478 e. The van der Waals surface area contributed by atoms with Crippen LogP contribution in [0.15, 0.2) is 33.7 Å². The number of nitrogens with one attached hydrogen (secondary N) is 4. The van der Waals surface area contributed by atoms with Gasteiger partial charge in [0, 0.05) is 13.8 Å². The van der Waals surface area contributed by atoms with Crippen LogP contribution in [0.1, 0.15) is 13.8 Å². The second-order valence-corrected chi connectivity index (χ2v) is 11.7. The van der Waals surface area contributed by atoms with E-state index in [0.29, 0.717) is 0 Å². The van der Waals surface area contributed by atoms with Crippen LogP contribution in [0.4, 0.5) is 0 Å². The number of nitrogens with two attached hydrogens (primary N) is 4. The van der Waals surface area contributed by atoms with Crippen molar-refractivity contribution in [3.8, 4) is 0 Å². The number of aliphatic hydroxyl groups is 4. The van der Waals surface area contributed by atoms with Gasteiger partial charge in [0.1, 0.15) is 37.6 Å². The van der Waals surface area contributed by atoms with E-state index in [0.717, 1.165) is 33.5 Å². The monoisotopic (exact) mass is 787 g/mol. The minimum atomic E-state index is -1.82. The summed E-state index contributed by atoms with van der Waals surface area (Å²) >= 11 is 0. The van der Waals surface area contributed by atoms with Gasteiger partial charge in [0.15, 0.2) is 24.1 Å². The van der Waals surface area contributed by atoms with Gasteiger partial charge in [-0.3, -0.25) is 19.2 Å². The van der Waals surface area contributed by atoms with E-state index in [-0.39, 0.29) is 0 Å². The van der Waals surface area contributed by atoms with E-state index in [1.807, 2.05) is 0 Å². The summed E-state index contributed by atoms with van der Waals surface area (Å²) in [4.78, 5) is 80.6. The quantitative estimate of drug-likeness (QED) is 0.0309. The van der Waals surface area contributed by atoms with Crippen LogP contribution >= 0.6 is 0 Å². The molecule has 2 aliphatic heterocycles. The van der Waals surface area contributed by atoms with Crippen molar-refractivity contribution in [1.82, 2.24) is 21.1 Å². The molecule has 0 unspecified atom stereocenters. The number of aliphatic imine (C=N–C) groups is 2. The molecule has 0 fully saturated rings. The van der Waals surface area contributed by atoms with Crippen molar-refractivity contribution in [3.63, 3.8) is 0 Å². The smallest absolute Gasteiger partial charge is 0.390 e. The van der Waals surface area contributed by atoms with E-state index in [1.54, 1.807) is 0 Å². The van der Waals surface area contributed by atoms with Gasteiger partial charge >= 0.3 is 19.5 Å². The number of aliphatic hydroxyl groups excluding tert-OH is 4. The molecule has 2 heterocycles. The van der Waals surface area contributed by atoms with Crippen molar-refractivity contribution in [2.24, 2.45) is 32.9 Å². The molecule has 0 saturated carbocycles. The number of carboxylic acids is 2. The van der Waals surface area contributed by atoms with E-state index in [2.05, 4.69) is 31.1 Å².